The lowest BCUT2D eigenvalue weighted by molar-refractivity contribution is 0.0697. The van der Waals surface area contributed by atoms with Crippen LogP contribution in [-0.2, 0) is 11.3 Å². The minimum atomic E-state index is -0.908. The molecule has 5 heteroatoms. The van der Waals surface area contributed by atoms with E-state index in [1.165, 1.54) is 0 Å². The molecule has 0 saturated heterocycles. The molecule has 1 rings (SSSR count). The van der Waals surface area contributed by atoms with Crippen LogP contribution in [0, 0.1) is 0 Å². The van der Waals surface area contributed by atoms with E-state index < -0.39 is 5.97 Å². The van der Waals surface area contributed by atoms with Crippen molar-refractivity contribution < 1.29 is 14.6 Å². The predicted octanol–water partition coefficient (Wildman–Crippen LogP) is 2.62. The molecule has 18 heavy (non-hydrogen) atoms. The summed E-state index contributed by atoms with van der Waals surface area (Å²) >= 11 is 3.42. The number of methoxy groups -OCH3 is 1. The Morgan fingerprint density at radius 1 is 1.50 bits per heavy atom. The van der Waals surface area contributed by atoms with Gasteiger partial charge in [-0.2, -0.15) is 0 Å². The van der Waals surface area contributed by atoms with E-state index in [2.05, 4.69) is 27.8 Å². The number of benzene rings is 1. The fraction of sp³-hybridized carbons (Fsp3) is 0.462. The van der Waals surface area contributed by atoms with Crippen LogP contribution in [0.2, 0.25) is 0 Å². The Bertz CT molecular complexity index is 409. The quantitative estimate of drug-likeness (QED) is 0.840. The molecular formula is C13H18BrNO3. The highest BCUT2D eigenvalue weighted by molar-refractivity contribution is 9.10. The van der Waals surface area contributed by atoms with E-state index in [0.717, 1.165) is 29.7 Å². The van der Waals surface area contributed by atoms with Crippen LogP contribution < -0.4 is 0 Å². The van der Waals surface area contributed by atoms with Gasteiger partial charge in [-0.3, -0.25) is 4.90 Å². The first-order valence-electron chi connectivity index (χ1n) is 5.81. The lowest BCUT2D eigenvalue weighted by atomic mass is 10.1. The van der Waals surface area contributed by atoms with Gasteiger partial charge >= 0.3 is 5.97 Å². The second-order valence-corrected chi connectivity index (χ2v) is 4.83. The molecule has 0 radical (unpaired) electrons. The van der Waals surface area contributed by atoms with E-state index in [-0.39, 0.29) is 0 Å². The average Bonchev–Trinajstić information content (AvgIpc) is 2.35. The SMILES string of the molecule is CCN(CCOC)Cc1ccc(C(=O)O)cc1Br. The van der Waals surface area contributed by atoms with Gasteiger partial charge in [-0.05, 0) is 24.2 Å². The number of halogens is 1. The monoisotopic (exact) mass is 315 g/mol. The number of carboxylic acids is 1. The first-order chi connectivity index (χ1) is 8.58. The molecule has 1 aromatic rings. The van der Waals surface area contributed by atoms with Crippen molar-refractivity contribution in [2.24, 2.45) is 0 Å². The van der Waals surface area contributed by atoms with E-state index in [4.69, 9.17) is 9.84 Å². The molecule has 0 spiro atoms. The first kappa shape index (κ1) is 15.1. The number of carbonyl (C=O) groups is 1. The van der Waals surface area contributed by atoms with E-state index in [1.54, 1.807) is 19.2 Å². The van der Waals surface area contributed by atoms with Gasteiger partial charge in [0.2, 0.25) is 0 Å². The zero-order valence-electron chi connectivity index (χ0n) is 10.6. The second-order valence-electron chi connectivity index (χ2n) is 3.97. The van der Waals surface area contributed by atoms with E-state index in [0.29, 0.717) is 12.2 Å². The lowest BCUT2D eigenvalue weighted by Crippen LogP contribution is -2.26. The number of aromatic carboxylic acids is 1. The Morgan fingerprint density at radius 3 is 2.72 bits per heavy atom. The van der Waals surface area contributed by atoms with Gasteiger partial charge in [-0.15, -0.1) is 0 Å². The van der Waals surface area contributed by atoms with E-state index in [1.807, 2.05) is 6.07 Å². The maximum absolute atomic E-state index is 10.8. The van der Waals surface area contributed by atoms with Gasteiger partial charge in [0.05, 0.1) is 12.2 Å². The van der Waals surface area contributed by atoms with Crippen molar-refractivity contribution in [2.45, 2.75) is 13.5 Å². The number of hydrogen-bond acceptors (Lipinski definition) is 3. The summed E-state index contributed by atoms with van der Waals surface area (Å²) < 4.78 is 5.89. The summed E-state index contributed by atoms with van der Waals surface area (Å²) in [5.74, 6) is -0.908. The standard InChI is InChI=1S/C13H18BrNO3/c1-3-15(6-7-18-2)9-11-5-4-10(13(16)17)8-12(11)14/h4-5,8H,3,6-7,9H2,1-2H3,(H,16,17). The topological polar surface area (TPSA) is 49.8 Å². The van der Waals surface area contributed by atoms with Gasteiger partial charge in [-0.25, -0.2) is 4.79 Å². The van der Waals surface area contributed by atoms with Gasteiger partial charge in [0.1, 0.15) is 0 Å². The molecule has 0 aliphatic rings. The Balaban J connectivity index is 2.74. The van der Waals surface area contributed by atoms with Crippen LogP contribution in [0.4, 0.5) is 0 Å². The fourth-order valence-electron chi connectivity index (χ4n) is 1.62. The normalized spacial score (nSPS) is 10.9. The zero-order chi connectivity index (χ0) is 13.5. The van der Waals surface area contributed by atoms with Crippen LogP contribution in [0.15, 0.2) is 22.7 Å². The van der Waals surface area contributed by atoms with Crippen molar-refractivity contribution in [3.05, 3.63) is 33.8 Å². The molecule has 0 bridgehead atoms. The van der Waals surface area contributed by atoms with E-state index in [9.17, 15) is 4.79 Å². The Kier molecular flexibility index (Phi) is 6.32. The van der Waals surface area contributed by atoms with Crippen LogP contribution in [0.1, 0.15) is 22.8 Å². The van der Waals surface area contributed by atoms with Gasteiger partial charge in [0.25, 0.3) is 0 Å². The Hall–Kier alpha value is -0.910. The summed E-state index contributed by atoms with van der Waals surface area (Å²) in [4.78, 5) is 13.1. The van der Waals surface area contributed by atoms with Crippen LogP contribution in [-0.4, -0.2) is 42.8 Å². The smallest absolute Gasteiger partial charge is 0.335 e. The van der Waals surface area contributed by atoms with E-state index >= 15 is 0 Å². The third-order valence-corrected chi connectivity index (χ3v) is 3.49. The molecule has 4 nitrogen and oxygen atoms in total. The molecule has 0 amide bonds. The minimum Gasteiger partial charge on any atom is -0.478 e. The fourth-order valence-corrected chi connectivity index (χ4v) is 2.12. The molecule has 1 aromatic carbocycles. The van der Waals surface area contributed by atoms with Gasteiger partial charge in [0.15, 0.2) is 0 Å². The van der Waals surface area contributed by atoms with Crippen LogP contribution >= 0.6 is 15.9 Å². The number of nitrogens with zero attached hydrogens (tertiary/aromatic N) is 1. The van der Waals surface area contributed by atoms with Crippen LogP contribution in [0.3, 0.4) is 0 Å². The van der Waals surface area contributed by atoms with Crippen molar-refractivity contribution >= 4 is 21.9 Å². The number of ether oxygens (including phenoxy) is 1. The number of rotatable bonds is 7. The molecule has 0 fully saturated rings. The third kappa shape index (κ3) is 4.40. The Morgan fingerprint density at radius 2 is 2.22 bits per heavy atom. The number of carboxylic acid groups (broad SMARTS) is 1. The molecule has 0 aliphatic carbocycles. The molecule has 0 atom stereocenters. The Labute approximate surface area is 116 Å². The van der Waals surface area contributed by atoms with Gasteiger partial charge in [0, 0.05) is 24.7 Å². The van der Waals surface area contributed by atoms with Crippen LogP contribution in [0.5, 0.6) is 0 Å². The molecule has 0 saturated carbocycles. The summed E-state index contributed by atoms with van der Waals surface area (Å²) in [7, 11) is 1.69. The molecular weight excluding hydrogens is 298 g/mol. The van der Waals surface area contributed by atoms with Crippen LogP contribution in [0.25, 0.3) is 0 Å². The highest BCUT2D eigenvalue weighted by Gasteiger charge is 2.09. The minimum absolute atomic E-state index is 0.297. The zero-order valence-corrected chi connectivity index (χ0v) is 12.2. The molecule has 1 N–H and O–H groups in total. The van der Waals surface area contributed by atoms with Crippen molar-refractivity contribution in [2.75, 3.05) is 26.8 Å². The first-order valence-corrected chi connectivity index (χ1v) is 6.60. The third-order valence-electron chi connectivity index (χ3n) is 2.75. The van der Waals surface area contributed by atoms with Crippen molar-refractivity contribution in [3.63, 3.8) is 0 Å². The summed E-state index contributed by atoms with van der Waals surface area (Å²) in [6, 6.07) is 5.12. The average molecular weight is 316 g/mol. The molecule has 100 valence electrons. The maximum atomic E-state index is 10.8. The number of likely N-dealkylation sites (N-methyl/N-ethyl adjacent to an activating group) is 1. The highest BCUT2D eigenvalue weighted by Crippen LogP contribution is 2.20. The highest BCUT2D eigenvalue weighted by atomic mass is 79.9. The van der Waals surface area contributed by atoms with Crippen molar-refractivity contribution in [1.82, 2.24) is 4.90 Å². The van der Waals surface area contributed by atoms with Crippen molar-refractivity contribution in [1.29, 1.82) is 0 Å². The van der Waals surface area contributed by atoms with Crippen molar-refractivity contribution in [3.8, 4) is 0 Å². The molecule has 0 aliphatic heterocycles. The molecule has 0 unspecified atom stereocenters. The predicted molar refractivity (Wildman–Crippen MR) is 73.9 cm³/mol. The summed E-state index contributed by atoms with van der Waals surface area (Å²) in [6.45, 7) is 5.35. The summed E-state index contributed by atoms with van der Waals surface area (Å²) in [5, 5.41) is 8.90. The largest absolute Gasteiger partial charge is 0.478 e. The van der Waals surface area contributed by atoms with Gasteiger partial charge in [-0.1, -0.05) is 28.9 Å². The number of hydrogen-bond donors (Lipinski definition) is 1. The summed E-state index contributed by atoms with van der Waals surface area (Å²) in [5.41, 5.74) is 1.38. The molecule has 0 heterocycles. The maximum Gasteiger partial charge on any atom is 0.335 e. The lowest BCUT2D eigenvalue weighted by Gasteiger charge is -2.20. The summed E-state index contributed by atoms with van der Waals surface area (Å²) in [6.07, 6.45) is 0. The molecule has 0 aromatic heterocycles. The second kappa shape index (κ2) is 7.51. The van der Waals surface area contributed by atoms with Gasteiger partial charge < -0.3 is 9.84 Å².